The molecule has 2 aliphatic carbocycles. The Balaban J connectivity index is 1.93. The molecule has 1 aromatic rings. The second-order valence-corrected chi connectivity index (χ2v) is 11.2. The number of Topliss-reactive ketones (excluding diaryl/α,β-unsaturated/α-hetero) is 2. The lowest BCUT2D eigenvalue weighted by Gasteiger charge is -2.44. The number of ether oxygens (including phenoxy) is 2. The van der Waals surface area contributed by atoms with Crippen LogP contribution in [-0.4, -0.2) is 31.0 Å². The maximum atomic E-state index is 13.5. The van der Waals surface area contributed by atoms with E-state index in [2.05, 4.69) is 27.7 Å². The molecule has 3 aliphatic rings. The summed E-state index contributed by atoms with van der Waals surface area (Å²) in [4.78, 5) is 31.9. The van der Waals surface area contributed by atoms with Gasteiger partial charge in [-0.15, -0.1) is 0 Å². The van der Waals surface area contributed by atoms with E-state index in [0.717, 1.165) is 29.8 Å². The molecule has 0 radical (unpaired) electrons. The van der Waals surface area contributed by atoms with Crippen LogP contribution < -0.4 is 9.47 Å². The lowest BCUT2D eigenvalue weighted by atomic mass is 9.60. The van der Waals surface area contributed by atoms with Gasteiger partial charge in [-0.25, -0.2) is 0 Å². The Kier molecular flexibility index (Phi) is 5.77. The minimum Gasteiger partial charge on any atom is -0.491 e. The minimum absolute atomic E-state index is 0.0755. The van der Waals surface area contributed by atoms with Gasteiger partial charge in [0.05, 0.1) is 24.7 Å². The van der Waals surface area contributed by atoms with Crippen molar-refractivity contribution in [3.8, 4) is 11.5 Å². The van der Waals surface area contributed by atoms with Gasteiger partial charge in [-0.1, -0.05) is 39.3 Å². The number of fused-ring (bicyclic) bond motifs is 1. The predicted molar refractivity (Wildman–Crippen MR) is 126 cm³/mol. The van der Waals surface area contributed by atoms with Gasteiger partial charge in [0.1, 0.15) is 5.78 Å². The van der Waals surface area contributed by atoms with Gasteiger partial charge in [-0.2, -0.15) is 0 Å². The first-order chi connectivity index (χ1) is 15.0. The van der Waals surface area contributed by atoms with Crippen molar-refractivity contribution < 1.29 is 19.1 Å². The molecule has 4 rings (SSSR count). The van der Waals surface area contributed by atoms with Crippen LogP contribution in [0.1, 0.15) is 71.8 Å². The topological polar surface area (TPSA) is 65.0 Å². The number of hydrogen-bond acceptors (Lipinski definition) is 5. The van der Waals surface area contributed by atoms with Crippen molar-refractivity contribution in [2.24, 2.45) is 21.7 Å². The molecule has 1 aliphatic heterocycles. The van der Waals surface area contributed by atoms with Gasteiger partial charge in [0, 0.05) is 35.7 Å². The number of halogens is 1. The Hall–Kier alpha value is -2.14. The van der Waals surface area contributed by atoms with Crippen molar-refractivity contribution in [1.82, 2.24) is 0 Å². The molecule has 2 atom stereocenters. The molecule has 172 valence electrons. The molecular formula is C26H32ClNO4. The zero-order chi connectivity index (χ0) is 23.4. The molecule has 1 unspecified atom stereocenters. The fraction of sp³-hybridized carbons (Fsp3) is 0.577. The van der Waals surface area contributed by atoms with Crippen LogP contribution in [0.15, 0.2) is 28.4 Å². The van der Waals surface area contributed by atoms with Crippen molar-refractivity contribution in [1.29, 1.82) is 0 Å². The molecule has 0 spiro atoms. The smallest absolute Gasteiger partial charge is 0.179 e. The number of rotatable bonds is 4. The first-order valence-electron chi connectivity index (χ1n) is 11.3. The molecular weight excluding hydrogens is 426 g/mol. The average Bonchev–Trinajstić information content (AvgIpc) is 2.64. The normalized spacial score (nSPS) is 26.3. The molecule has 0 N–H and O–H groups in total. The van der Waals surface area contributed by atoms with E-state index in [-0.39, 0.29) is 22.4 Å². The van der Waals surface area contributed by atoms with Gasteiger partial charge in [0.25, 0.3) is 0 Å². The second-order valence-electron chi connectivity index (χ2n) is 10.8. The van der Waals surface area contributed by atoms with E-state index in [1.165, 1.54) is 0 Å². The fourth-order valence-electron chi connectivity index (χ4n) is 5.60. The number of allylic oxidation sites excluding steroid dienone is 2. The van der Waals surface area contributed by atoms with E-state index in [9.17, 15) is 9.59 Å². The number of aliphatic imine (C=N–C) groups is 1. The number of carbonyl (C=O) groups excluding carboxylic acids is 2. The van der Waals surface area contributed by atoms with Crippen LogP contribution in [0.4, 0.5) is 0 Å². The fourth-order valence-corrected chi connectivity index (χ4v) is 5.90. The molecule has 1 saturated carbocycles. The summed E-state index contributed by atoms with van der Waals surface area (Å²) >= 11 is 6.58. The number of ketones is 2. The highest BCUT2D eigenvalue weighted by molar-refractivity contribution is 6.32. The minimum atomic E-state index is -0.439. The largest absolute Gasteiger partial charge is 0.491 e. The molecule has 1 heterocycles. The quantitative estimate of drug-likeness (QED) is 0.561. The maximum Gasteiger partial charge on any atom is 0.179 e. The third kappa shape index (κ3) is 4.00. The molecule has 1 aromatic carbocycles. The van der Waals surface area contributed by atoms with Crippen molar-refractivity contribution in [3.63, 3.8) is 0 Å². The van der Waals surface area contributed by atoms with Crippen molar-refractivity contribution in [3.05, 3.63) is 34.0 Å². The molecule has 5 nitrogen and oxygen atoms in total. The summed E-state index contributed by atoms with van der Waals surface area (Å²) in [5.41, 5.74) is 2.92. The van der Waals surface area contributed by atoms with E-state index >= 15 is 0 Å². The lowest BCUT2D eigenvalue weighted by molar-refractivity contribution is -0.124. The highest BCUT2D eigenvalue weighted by Gasteiger charge is 2.50. The van der Waals surface area contributed by atoms with Crippen molar-refractivity contribution in [2.75, 3.05) is 13.7 Å². The van der Waals surface area contributed by atoms with Gasteiger partial charge in [-0.05, 0) is 48.3 Å². The monoisotopic (exact) mass is 457 g/mol. The van der Waals surface area contributed by atoms with Crippen LogP contribution in [0, 0.1) is 16.7 Å². The Morgan fingerprint density at radius 2 is 1.72 bits per heavy atom. The Bertz CT molecular complexity index is 1050. The zero-order valence-electron chi connectivity index (χ0n) is 19.8. The summed E-state index contributed by atoms with van der Waals surface area (Å²) in [6, 6.07) is 3.70. The van der Waals surface area contributed by atoms with E-state index in [1.807, 2.05) is 19.1 Å². The third-order valence-corrected chi connectivity index (χ3v) is 7.01. The van der Waals surface area contributed by atoms with E-state index in [0.29, 0.717) is 41.5 Å². The molecule has 0 aromatic heterocycles. The summed E-state index contributed by atoms with van der Waals surface area (Å²) in [7, 11) is 1.55. The van der Waals surface area contributed by atoms with E-state index in [4.69, 9.17) is 26.1 Å². The summed E-state index contributed by atoms with van der Waals surface area (Å²) < 4.78 is 11.3. The van der Waals surface area contributed by atoms with Gasteiger partial charge in [0.2, 0.25) is 0 Å². The summed E-state index contributed by atoms with van der Waals surface area (Å²) in [5.74, 6) is 0.364. The number of methoxy groups -OCH3 is 1. The first kappa shape index (κ1) is 23.0. The summed E-state index contributed by atoms with van der Waals surface area (Å²) in [6.07, 6.45) is 2.38. The first-order valence-corrected chi connectivity index (χ1v) is 11.7. The Labute approximate surface area is 195 Å². The van der Waals surface area contributed by atoms with E-state index in [1.54, 1.807) is 7.11 Å². The second kappa shape index (κ2) is 8.02. The van der Waals surface area contributed by atoms with Crippen LogP contribution in [-0.2, 0) is 9.59 Å². The third-order valence-electron chi connectivity index (χ3n) is 6.73. The van der Waals surface area contributed by atoms with Gasteiger partial charge >= 0.3 is 0 Å². The van der Waals surface area contributed by atoms with Crippen LogP contribution >= 0.6 is 11.6 Å². The number of hydrogen-bond donors (Lipinski definition) is 0. The predicted octanol–water partition coefficient (Wildman–Crippen LogP) is 5.93. The molecule has 1 fully saturated rings. The van der Waals surface area contributed by atoms with Crippen LogP contribution in [0.2, 0.25) is 5.02 Å². The lowest BCUT2D eigenvalue weighted by Crippen LogP contribution is -2.45. The number of nitrogens with zero attached hydrogens (tertiary/aromatic N) is 1. The van der Waals surface area contributed by atoms with Crippen LogP contribution in [0.3, 0.4) is 0 Å². The summed E-state index contributed by atoms with van der Waals surface area (Å²) in [6.45, 7) is 10.8. The van der Waals surface area contributed by atoms with E-state index < -0.39 is 11.8 Å². The standard InChI is InChI=1S/C26H32ClNO4/c1-7-32-20-9-14(8-15(27)24(20)31-6)21-22-16(10-25(2,3)12-18(22)29)28-17-11-26(4,5)13-19(30)23(17)21/h8-9,21-22H,7,10-13H2,1-6H3/t21-,22?/m1/s1. The average molecular weight is 458 g/mol. The van der Waals surface area contributed by atoms with Crippen LogP contribution in [0.5, 0.6) is 11.5 Å². The number of carbonyl (C=O) groups is 2. The molecule has 32 heavy (non-hydrogen) atoms. The zero-order valence-corrected chi connectivity index (χ0v) is 20.6. The molecule has 6 heteroatoms. The van der Waals surface area contributed by atoms with Gasteiger partial charge in [0.15, 0.2) is 17.3 Å². The molecule has 0 bridgehead atoms. The Morgan fingerprint density at radius 3 is 2.38 bits per heavy atom. The maximum absolute atomic E-state index is 13.5. The highest BCUT2D eigenvalue weighted by Crippen LogP contribution is 2.53. The van der Waals surface area contributed by atoms with Crippen molar-refractivity contribution in [2.45, 2.75) is 66.2 Å². The molecule has 0 amide bonds. The number of benzene rings is 1. The Morgan fingerprint density at radius 1 is 1.03 bits per heavy atom. The van der Waals surface area contributed by atoms with Gasteiger partial charge in [-0.3, -0.25) is 14.6 Å². The molecule has 0 saturated heterocycles. The highest BCUT2D eigenvalue weighted by atomic mass is 35.5. The SMILES string of the molecule is CCOc1cc([C@H]2C3=C(CC(C)(C)CC3=O)N=C3CC(C)(C)CC(=O)C32)cc(Cl)c1OC. The van der Waals surface area contributed by atoms with Crippen molar-refractivity contribution >= 4 is 28.9 Å². The van der Waals surface area contributed by atoms with Gasteiger partial charge < -0.3 is 9.47 Å². The van der Waals surface area contributed by atoms with Crippen LogP contribution in [0.25, 0.3) is 0 Å². The summed E-state index contributed by atoms with van der Waals surface area (Å²) in [5, 5.41) is 0.409.